The molecule has 0 amide bonds. The molecule has 108 valence electrons. The van der Waals surface area contributed by atoms with Crippen LogP contribution in [0.3, 0.4) is 0 Å². The van der Waals surface area contributed by atoms with Crippen molar-refractivity contribution in [2.24, 2.45) is 7.05 Å². The first kappa shape index (κ1) is 14.0. The molecule has 0 aromatic carbocycles. The predicted molar refractivity (Wildman–Crippen MR) is 79.0 cm³/mol. The van der Waals surface area contributed by atoms with Crippen molar-refractivity contribution in [2.45, 2.75) is 13.5 Å². The Morgan fingerprint density at radius 2 is 1.90 bits per heavy atom. The zero-order valence-corrected chi connectivity index (χ0v) is 12.5. The molecule has 8 heteroatoms. The Kier molecular flexibility index (Phi) is 4.02. The summed E-state index contributed by atoms with van der Waals surface area (Å²) in [5, 5.41) is 10.3. The number of anilines is 3. The van der Waals surface area contributed by atoms with Crippen molar-refractivity contribution in [3.8, 4) is 0 Å². The first-order valence-electron chi connectivity index (χ1n) is 6.33. The van der Waals surface area contributed by atoms with Crippen molar-refractivity contribution < 1.29 is 0 Å². The molecule has 0 bridgehead atoms. The van der Waals surface area contributed by atoms with Crippen LogP contribution in [0.4, 0.5) is 17.8 Å². The van der Waals surface area contributed by atoms with Crippen molar-refractivity contribution in [3.05, 3.63) is 17.5 Å². The molecule has 0 unspecified atom stereocenters. The Labute approximate surface area is 118 Å². The summed E-state index contributed by atoms with van der Waals surface area (Å²) in [6, 6.07) is 0. The van der Waals surface area contributed by atoms with Crippen molar-refractivity contribution in [1.82, 2.24) is 24.7 Å². The Morgan fingerprint density at radius 1 is 1.20 bits per heavy atom. The molecule has 0 atom stereocenters. The van der Waals surface area contributed by atoms with Crippen molar-refractivity contribution >= 4 is 17.8 Å². The van der Waals surface area contributed by atoms with Crippen molar-refractivity contribution in [2.75, 3.05) is 36.7 Å². The van der Waals surface area contributed by atoms with Gasteiger partial charge in [-0.05, 0) is 6.92 Å². The molecule has 0 radical (unpaired) electrons. The summed E-state index contributed by atoms with van der Waals surface area (Å²) in [6.07, 6.45) is 1.84. The fourth-order valence-electron chi connectivity index (χ4n) is 1.65. The van der Waals surface area contributed by atoms with Gasteiger partial charge < -0.3 is 15.5 Å². The van der Waals surface area contributed by atoms with Gasteiger partial charge in [0.25, 0.3) is 0 Å². The van der Waals surface area contributed by atoms with E-state index in [2.05, 4.69) is 30.7 Å². The minimum absolute atomic E-state index is 0.536. The minimum Gasteiger partial charge on any atom is -0.357 e. The summed E-state index contributed by atoms with van der Waals surface area (Å²) in [5.74, 6) is 1.68. The van der Waals surface area contributed by atoms with Gasteiger partial charge in [0, 0.05) is 46.0 Å². The van der Waals surface area contributed by atoms with Crippen LogP contribution in [-0.4, -0.2) is 45.9 Å². The molecule has 2 aromatic rings. The predicted octanol–water partition coefficient (Wildman–Crippen LogP) is 0.633. The van der Waals surface area contributed by atoms with Crippen LogP contribution in [0.5, 0.6) is 0 Å². The van der Waals surface area contributed by atoms with E-state index >= 15 is 0 Å². The second-order valence-corrected chi connectivity index (χ2v) is 4.66. The van der Waals surface area contributed by atoms with Crippen molar-refractivity contribution in [3.63, 3.8) is 0 Å². The molecular weight excluding hydrogens is 256 g/mol. The molecule has 0 aliphatic carbocycles. The second-order valence-electron chi connectivity index (χ2n) is 4.66. The first-order chi connectivity index (χ1) is 9.51. The summed E-state index contributed by atoms with van der Waals surface area (Å²) < 4.78 is 1.84. The normalized spacial score (nSPS) is 10.4. The molecule has 8 nitrogen and oxygen atoms in total. The summed E-state index contributed by atoms with van der Waals surface area (Å²) >= 11 is 0. The van der Waals surface area contributed by atoms with Gasteiger partial charge in [-0.3, -0.25) is 4.68 Å². The molecule has 2 N–H and O–H groups in total. The Morgan fingerprint density at radius 3 is 2.45 bits per heavy atom. The third-order valence-electron chi connectivity index (χ3n) is 3.02. The molecule has 20 heavy (non-hydrogen) atoms. The van der Waals surface area contributed by atoms with Crippen LogP contribution in [-0.2, 0) is 13.6 Å². The number of hydrogen-bond acceptors (Lipinski definition) is 7. The molecular formula is C12H20N8. The zero-order chi connectivity index (χ0) is 14.7. The third-order valence-corrected chi connectivity index (χ3v) is 3.02. The van der Waals surface area contributed by atoms with Gasteiger partial charge in [0.15, 0.2) is 0 Å². The summed E-state index contributed by atoms with van der Waals surface area (Å²) in [7, 11) is 7.49. The highest BCUT2D eigenvalue weighted by molar-refractivity contribution is 5.43. The van der Waals surface area contributed by atoms with E-state index in [1.807, 2.05) is 43.8 Å². The SMILES string of the molecule is CNc1nc(NCc2cnn(C)c2C)nc(N(C)C)n1. The van der Waals surface area contributed by atoms with Gasteiger partial charge in [-0.25, -0.2) is 0 Å². The van der Waals surface area contributed by atoms with Gasteiger partial charge in [-0.15, -0.1) is 0 Å². The highest BCUT2D eigenvalue weighted by atomic mass is 15.3. The lowest BCUT2D eigenvalue weighted by molar-refractivity contribution is 0.738. The summed E-state index contributed by atoms with van der Waals surface area (Å²) in [5.41, 5.74) is 2.23. The van der Waals surface area contributed by atoms with E-state index in [0.717, 1.165) is 11.3 Å². The molecule has 2 aromatic heterocycles. The van der Waals surface area contributed by atoms with Gasteiger partial charge >= 0.3 is 0 Å². The number of nitrogens with zero attached hydrogens (tertiary/aromatic N) is 6. The average Bonchev–Trinajstić information content (AvgIpc) is 2.76. The Bertz CT molecular complexity index is 589. The fraction of sp³-hybridized carbons (Fsp3) is 0.500. The van der Waals surface area contributed by atoms with E-state index in [1.54, 1.807) is 7.05 Å². The maximum absolute atomic E-state index is 4.36. The number of rotatable bonds is 5. The first-order valence-corrected chi connectivity index (χ1v) is 6.33. The molecule has 0 saturated carbocycles. The largest absolute Gasteiger partial charge is 0.357 e. The van der Waals surface area contributed by atoms with Crippen LogP contribution in [0, 0.1) is 6.92 Å². The number of aromatic nitrogens is 5. The number of aryl methyl sites for hydroxylation is 1. The van der Waals surface area contributed by atoms with Crippen molar-refractivity contribution in [1.29, 1.82) is 0 Å². The molecule has 2 heterocycles. The highest BCUT2D eigenvalue weighted by Gasteiger charge is 2.08. The van der Waals surface area contributed by atoms with E-state index in [4.69, 9.17) is 0 Å². The second kappa shape index (κ2) is 5.72. The Hall–Kier alpha value is -2.38. The van der Waals surface area contributed by atoms with E-state index in [0.29, 0.717) is 24.4 Å². The fourth-order valence-corrected chi connectivity index (χ4v) is 1.65. The van der Waals surface area contributed by atoms with Gasteiger partial charge in [0.1, 0.15) is 0 Å². The Balaban J connectivity index is 2.16. The van der Waals surface area contributed by atoms with E-state index < -0.39 is 0 Å². The summed E-state index contributed by atoms with van der Waals surface area (Å²) in [4.78, 5) is 14.7. The maximum atomic E-state index is 4.36. The van der Waals surface area contributed by atoms with Gasteiger partial charge in [0.2, 0.25) is 17.8 Å². The lowest BCUT2D eigenvalue weighted by atomic mass is 10.2. The third kappa shape index (κ3) is 2.95. The van der Waals surface area contributed by atoms with Gasteiger partial charge in [0.05, 0.1) is 6.20 Å². The van der Waals surface area contributed by atoms with E-state index in [-0.39, 0.29) is 0 Å². The summed E-state index contributed by atoms with van der Waals surface area (Å²) in [6.45, 7) is 2.65. The van der Waals surface area contributed by atoms with Gasteiger partial charge in [-0.2, -0.15) is 20.1 Å². The average molecular weight is 276 g/mol. The minimum atomic E-state index is 0.536. The quantitative estimate of drug-likeness (QED) is 0.828. The lowest BCUT2D eigenvalue weighted by Gasteiger charge is -2.13. The smallest absolute Gasteiger partial charge is 0.231 e. The molecule has 0 aliphatic rings. The van der Waals surface area contributed by atoms with Crippen LogP contribution in [0.25, 0.3) is 0 Å². The van der Waals surface area contributed by atoms with Gasteiger partial charge in [-0.1, -0.05) is 0 Å². The highest BCUT2D eigenvalue weighted by Crippen LogP contribution is 2.13. The topological polar surface area (TPSA) is 83.8 Å². The standard InChI is InChI=1S/C12H20N8/c1-8-9(7-15-20(8)5)6-14-11-16-10(13-2)17-12(18-11)19(3)4/h7H,6H2,1-5H3,(H2,13,14,16,17,18). The zero-order valence-electron chi connectivity index (χ0n) is 12.5. The van der Waals surface area contributed by atoms with Crippen LogP contribution in [0.1, 0.15) is 11.3 Å². The lowest BCUT2D eigenvalue weighted by Crippen LogP contribution is -2.16. The van der Waals surface area contributed by atoms with E-state index in [1.165, 1.54) is 0 Å². The van der Waals surface area contributed by atoms with Crippen LogP contribution in [0.15, 0.2) is 6.20 Å². The monoisotopic (exact) mass is 276 g/mol. The maximum Gasteiger partial charge on any atom is 0.231 e. The van der Waals surface area contributed by atoms with Crippen LogP contribution >= 0.6 is 0 Å². The number of hydrogen-bond donors (Lipinski definition) is 2. The van der Waals surface area contributed by atoms with Crippen LogP contribution in [0.2, 0.25) is 0 Å². The molecule has 0 spiro atoms. The molecule has 0 aliphatic heterocycles. The van der Waals surface area contributed by atoms with E-state index in [9.17, 15) is 0 Å². The number of nitrogens with one attached hydrogen (secondary N) is 2. The molecule has 0 saturated heterocycles. The molecule has 0 fully saturated rings. The molecule has 2 rings (SSSR count). The van der Waals surface area contributed by atoms with Crippen LogP contribution < -0.4 is 15.5 Å².